The van der Waals surface area contributed by atoms with Gasteiger partial charge >= 0.3 is 0 Å². The van der Waals surface area contributed by atoms with Crippen LogP contribution in [0.4, 0.5) is 5.82 Å². The van der Waals surface area contributed by atoms with Crippen LogP contribution in [0.2, 0.25) is 0 Å². The van der Waals surface area contributed by atoms with Crippen LogP contribution in [0.1, 0.15) is 22.3 Å². The Morgan fingerprint density at radius 1 is 1.32 bits per heavy atom. The molecule has 2 N–H and O–H groups in total. The van der Waals surface area contributed by atoms with Crippen molar-refractivity contribution >= 4 is 23.1 Å². The highest BCUT2D eigenvalue weighted by Crippen LogP contribution is 2.27. The Morgan fingerprint density at radius 3 is 3.04 bits per heavy atom. The molecule has 1 amide bonds. The molecule has 1 aliphatic rings. The minimum Gasteiger partial charge on any atom is -0.353 e. The van der Waals surface area contributed by atoms with E-state index in [1.807, 2.05) is 37.3 Å². The van der Waals surface area contributed by atoms with Gasteiger partial charge in [-0.3, -0.25) is 9.89 Å². The molecule has 0 bridgehead atoms. The van der Waals surface area contributed by atoms with Crippen molar-refractivity contribution in [2.75, 3.05) is 18.0 Å². The van der Waals surface area contributed by atoms with Crippen LogP contribution in [0.5, 0.6) is 0 Å². The average molecular weight is 352 g/mol. The Bertz CT molecular complexity index is 871. The molecule has 25 heavy (non-hydrogen) atoms. The monoisotopic (exact) mass is 352 g/mol. The van der Waals surface area contributed by atoms with Gasteiger partial charge in [-0.05, 0) is 36.9 Å². The average Bonchev–Trinajstić information content (AvgIpc) is 3.35. The lowest BCUT2D eigenvalue weighted by Gasteiger charge is -2.16. The van der Waals surface area contributed by atoms with Gasteiger partial charge in [0, 0.05) is 30.8 Å². The standard InChI is InChI=1S/C19H20N4OS/c1-13-4-2-5-14(10-13)19(24)20-15-7-8-23(12-15)18-11-16(21-22-18)17-6-3-9-25-17/h2-6,9-11,15H,7-8,12H2,1H3,(H,20,24)(H,21,22). The maximum Gasteiger partial charge on any atom is 0.251 e. The van der Waals surface area contributed by atoms with Crippen LogP contribution >= 0.6 is 11.3 Å². The largest absolute Gasteiger partial charge is 0.353 e. The highest BCUT2D eigenvalue weighted by atomic mass is 32.1. The first-order valence-corrected chi connectivity index (χ1v) is 9.29. The number of nitrogens with zero attached hydrogens (tertiary/aromatic N) is 2. The summed E-state index contributed by atoms with van der Waals surface area (Å²) in [5.74, 6) is 0.938. The van der Waals surface area contributed by atoms with E-state index in [0.29, 0.717) is 0 Å². The van der Waals surface area contributed by atoms with E-state index < -0.39 is 0 Å². The van der Waals surface area contributed by atoms with E-state index in [1.54, 1.807) is 11.3 Å². The molecule has 128 valence electrons. The third-order valence-electron chi connectivity index (χ3n) is 4.48. The fourth-order valence-electron chi connectivity index (χ4n) is 3.17. The molecule has 2 aromatic heterocycles. The summed E-state index contributed by atoms with van der Waals surface area (Å²) in [7, 11) is 0. The van der Waals surface area contributed by atoms with Gasteiger partial charge < -0.3 is 10.2 Å². The van der Waals surface area contributed by atoms with Gasteiger partial charge in [0.15, 0.2) is 5.82 Å². The number of H-pyrrole nitrogens is 1. The van der Waals surface area contributed by atoms with Crippen LogP contribution < -0.4 is 10.2 Å². The molecule has 1 saturated heterocycles. The number of carbonyl (C=O) groups excluding carboxylic acids is 1. The number of aromatic nitrogens is 2. The number of benzene rings is 1. The van der Waals surface area contributed by atoms with Crippen molar-refractivity contribution in [2.45, 2.75) is 19.4 Å². The Balaban J connectivity index is 1.39. The van der Waals surface area contributed by atoms with E-state index in [4.69, 9.17) is 0 Å². The molecule has 3 heterocycles. The molecule has 4 rings (SSSR count). The zero-order chi connectivity index (χ0) is 17.2. The van der Waals surface area contributed by atoms with Crippen LogP contribution in [0, 0.1) is 6.92 Å². The molecule has 0 spiro atoms. The normalized spacial score (nSPS) is 17.0. The number of anilines is 1. The molecule has 1 aromatic carbocycles. The van der Waals surface area contributed by atoms with Gasteiger partial charge in [-0.15, -0.1) is 11.3 Å². The number of nitrogens with one attached hydrogen (secondary N) is 2. The smallest absolute Gasteiger partial charge is 0.251 e. The highest BCUT2D eigenvalue weighted by molar-refractivity contribution is 7.13. The summed E-state index contributed by atoms with van der Waals surface area (Å²) in [6.07, 6.45) is 0.929. The van der Waals surface area contributed by atoms with Gasteiger partial charge in [-0.1, -0.05) is 23.8 Å². The molecule has 1 atom stereocenters. The fourth-order valence-corrected chi connectivity index (χ4v) is 3.86. The Hall–Kier alpha value is -2.60. The predicted octanol–water partition coefficient (Wildman–Crippen LogP) is 3.46. The van der Waals surface area contributed by atoms with E-state index in [-0.39, 0.29) is 11.9 Å². The van der Waals surface area contributed by atoms with Crippen molar-refractivity contribution in [3.8, 4) is 10.6 Å². The second-order valence-electron chi connectivity index (χ2n) is 6.39. The summed E-state index contributed by atoms with van der Waals surface area (Å²) in [5.41, 5.74) is 2.86. The second-order valence-corrected chi connectivity index (χ2v) is 7.34. The van der Waals surface area contributed by atoms with Crippen LogP contribution in [0.3, 0.4) is 0 Å². The van der Waals surface area contributed by atoms with Gasteiger partial charge in [-0.2, -0.15) is 5.10 Å². The maximum absolute atomic E-state index is 12.4. The summed E-state index contributed by atoms with van der Waals surface area (Å²) in [4.78, 5) is 15.8. The summed E-state index contributed by atoms with van der Waals surface area (Å²) in [5, 5.41) is 12.7. The summed E-state index contributed by atoms with van der Waals surface area (Å²) < 4.78 is 0. The molecule has 0 radical (unpaired) electrons. The number of thiophene rings is 1. The number of hydrogen-bond donors (Lipinski definition) is 2. The first-order chi connectivity index (χ1) is 12.2. The van der Waals surface area contributed by atoms with Gasteiger partial charge in [0.2, 0.25) is 0 Å². The number of carbonyl (C=O) groups is 1. The SMILES string of the molecule is Cc1cccc(C(=O)NC2CCN(c3cc(-c4cccs4)[nH]n3)C2)c1. The van der Waals surface area contributed by atoms with Crippen LogP contribution in [0.15, 0.2) is 47.8 Å². The molecule has 1 aliphatic heterocycles. The first-order valence-electron chi connectivity index (χ1n) is 8.41. The molecule has 3 aromatic rings. The predicted molar refractivity (Wildman–Crippen MR) is 101 cm³/mol. The van der Waals surface area contributed by atoms with Gasteiger partial charge in [0.1, 0.15) is 0 Å². The van der Waals surface area contributed by atoms with Crippen LogP contribution in [-0.2, 0) is 0 Å². The second kappa shape index (κ2) is 6.72. The van der Waals surface area contributed by atoms with Crippen molar-refractivity contribution in [2.24, 2.45) is 0 Å². The van der Waals surface area contributed by atoms with Crippen molar-refractivity contribution in [3.63, 3.8) is 0 Å². The number of aryl methyl sites for hydroxylation is 1. The number of rotatable bonds is 4. The van der Waals surface area contributed by atoms with Crippen molar-refractivity contribution < 1.29 is 4.79 Å². The lowest BCUT2D eigenvalue weighted by Crippen LogP contribution is -2.37. The zero-order valence-corrected chi connectivity index (χ0v) is 14.8. The minimum absolute atomic E-state index is 0.00291. The van der Waals surface area contributed by atoms with E-state index in [2.05, 4.69) is 37.9 Å². The molecular formula is C19H20N4OS. The summed E-state index contributed by atoms with van der Waals surface area (Å²) in [6.45, 7) is 3.68. The molecular weight excluding hydrogens is 332 g/mol. The maximum atomic E-state index is 12.4. The van der Waals surface area contributed by atoms with Crippen molar-refractivity contribution in [3.05, 3.63) is 59.0 Å². The third-order valence-corrected chi connectivity index (χ3v) is 5.38. The Morgan fingerprint density at radius 2 is 2.24 bits per heavy atom. The lowest BCUT2D eigenvalue weighted by molar-refractivity contribution is 0.0940. The number of aromatic amines is 1. The van der Waals surface area contributed by atoms with Crippen molar-refractivity contribution in [1.29, 1.82) is 0 Å². The van der Waals surface area contributed by atoms with Crippen molar-refractivity contribution in [1.82, 2.24) is 15.5 Å². The number of amides is 1. The van der Waals surface area contributed by atoms with Gasteiger partial charge in [0.05, 0.1) is 10.6 Å². The Labute approximate surface area is 150 Å². The molecule has 6 heteroatoms. The molecule has 1 fully saturated rings. The molecule has 0 saturated carbocycles. The zero-order valence-electron chi connectivity index (χ0n) is 14.0. The molecule has 1 unspecified atom stereocenters. The van der Waals surface area contributed by atoms with E-state index in [9.17, 15) is 4.79 Å². The molecule has 5 nitrogen and oxygen atoms in total. The summed E-state index contributed by atoms with van der Waals surface area (Å²) >= 11 is 1.69. The lowest BCUT2D eigenvalue weighted by atomic mass is 10.1. The van der Waals surface area contributed by atoms with Crippen LogP contribution in [-0.4, -0.2) is 35.2 Å². The minimum atomic E-state index is -0.00291. The van der Waals surface area contributed by atoms with E-state index in [1.165, 1.54) is 4.88 Å². The summed E-state index contributed by atoms with van der Waals surface area (Å²) in [6, 6.07) is 14.0. The molecule has 0 aliphatic carbocycles. The Kier molecular flexibility index (Phi) is 4.28. The first kappa shape index (κ1) is 15.9. The van der Waals surface area contributed by atoms with Gasteiger partial charge in [0.25, 0.3) is 5.91 Å². The quantitative estimate of drug-likeness (QED) is 0.756. The highest BCUT2D eigenvalue weighted by Gasteiger charge is 2.26. The van der Waals surface area contributed by atoms with Crippen LogP contribution in [0.25, 0.3) is 10.6 Å². The van der Waals surface area contributed by atoms with E-state index >= 15 is 0 Å². The fraction of sp³-hybridized carbons (Fsp3) is 0.263. The van der Waals surface area contributed by atoms with E-state index in [0.717, 1.165) is 42.1 Å². The third kappa shape index (κ3) is 3.44. The number of hydrogen-bond acceptors (Lipinski definition) is 4. The van der Waals surface area contributed by atoms with Gasteiger partial charge in [-0.25, -0.2) is 0 Å². The topological polar surface area (TPSA) is 61.0 Å².